The van der Waals surface area contributed by atoms with Crippen molar-refractivity contribution >= 4 is 34.3 Å². The number of nitrogens with one attached hydrogen (secondary N) is 1. The number of hydrogen-bond acceptors (Lipinski definition) is 5. The topological polar surface area (TPSA) is 84.6 Å². The van der Waals surface area contributed by atoms with E-state index in [2.05, 4.69) is 17.2 Å². The van der Waals surface area contributed by atoms with Gasteiger partial charge in [0.05, 0.1) is 17.7 Å². The van der Waals surface area contributed by atoms with Gasteiger partial charge in [-0.2, -0.15) is 0 Å². The zero-order valence-corrected chi connectivity index (χ0v) is 17.2. The molecular formula is C23H19ClN2O4. The molecule has 4 aromatic rings. The maximum absolute atomic E-state index is 12.6. The van der Waals surface area contributed by atoms with Crippen molar-refractivity contribution in [3.8, 4) is 23.0 Å². The first-order valence-electron chi connectivity index (χ1n) is 9.36. The van der Waals surface area contributed by atoms with Crippen molar-refractivity contribution in [2.24, 2.45) is 0 Å². The third-order valence-electron chi connectivity index (χ3n) is 4.76. The predicted octanol–water partition coefficient (Wildman–Crippen LogP) is 5.68. The normalized spacial score (nSPS) is 10.9. The molecule has 0 bridgehead atoms. The summed E-state index contributed by atoms with van der Waals surface area (Å²) in [7, 11) is 1.51. The average Bonchev–Trinajstić information content (AvgIpc) is 3.17. The zero-order valence-electron chi connectivity index (χ0n) is 16.4. The molecule has 3 aromatic carbocycles. The molecule has 0 saturated carbocycles. The molecule has 4 rings (SSSR count). The van der Waals surface area contributed by atoms with Crippen LogP contribution in [0.3, 0.4) is 0 Å². The molecule has 0 spiro atoms. The fraction of sp³-hybridized carbons (Fsp3) is 0.130. The molecule has 152 valence electrons. The molecule has 1 aromatic heterocycles. The minimum absolute atomic E-state index is 0.00256. The van der Waals surface area contributed by atoms with Crippen LogP contribution in [0.5, 0.6) is 11.5 Å². The molecule has 6 nitrogen and oxygen atoms in total. The minimum Gasteiger partial charge on any atom is -0.507 e. The van der Waals surface area contributed by atoms with Crippen molar-refractivity contribution in [3.63, 3.8) is 0 Å². The number of benzene rings is 3. The quantitative estimate of drug-likeness (QED) is 0.404. The van der Waals surface area contributed by atoms with Gasteiger partial charge in [-0.15, -0.1) is 0 Å². The maximum atomic E-state index is 12.6. The number of methoxy groups -OCH3 is 1. The lowest BCUT2D eigenvalue weighted by Crippen LogP contribution is -2.12. The van der Waals surface area contributed by atoms with E-state index >= 15 is 0 Å². The van der Waals surface area contributed by atoms with Gasteiger partial charge in [-0.3, -0.25) is 4.79 Å². The molecule has 0 saturated heterocycles. The fourth-order valence-electron chi connectivity index (χ4n) is 3.10. The van der Waals surface area contributed by atoms with Gasteiger partial charge >= 0.3 is 0 Å². The Labute approximate surface area is 178 Å². The van der Waals surface area contributed by atoms with Crippen LogP contribution in [0, 0.1) is 0 Å². The Kier molecular flexibility index (Phi) is 5.33. The highest BCUT2D eigenvalue weighted by atomic mass is 35.5. The third-order valence-corrected chi connectivity index (χ3v) is 5.05. The molecule has 0 aliphatic rings. The van der Waals surface area contributed by atoms with Gasteiger partial charge in [-0.1, -0.05) is 24.6 Å². The summed E-state index contributed by atoms with van der Waals surface area (Å²) in [6.45, 7) is 2.07. The van der Waals surface area contributed by atoms with E-state index in [-0.39, 0.29) is 17.5 Å². The van der Waals surface area contributed by atoms with Gasteiger partial charge in [0.15, 0.2) is 5.58 Å². The van der Waals surface area contributed by atoms with Crippen LogP contribution < -0.4 is 10.1 Å². The number of carbonyl (C=O) groups is 1. The third kappa shape index (κ3) is 3.82. The van der Waals surface area contributed by atoms with Crippen molar-refractivity contribution in [1.29, 1.82) is 0 Å². The molecule has 0 aliphatic heterocycles. The van der Waals surface area contributed by atoms with Crippen molar-refractivity contribution in [1.82, 2.24) is 4.98 Å². The van der Waals surface area contributed by atoms with Gasteiger partial charge in [-0.25, -0.2) is 4.98 Å². The summed E-state index contributed by atoms with van der Waals surface area (Å²) in [5.74, 6) is 0.422. The van der Waals surface area contributed by atoms with Crippen molar-refractivity contribution < 1.29 is 19.1 Å². The van der Waals surface area contributed by atoms with Crippen LogP contribution >= 0.6 is 11.6 Å². The number of halogens is 1. The fourth-order valence-corrected chi connectivity index (χ4v) is 3.36. The van der Waals surface area contributed by atoms with E-state index in [9.17, 15) is 9.90 Å². The Morgan fingerprint density at radius 3 is 2.73 bits per heavy atom. The van der Waals surface area contributed by atoms with E-state index in [4.69, 9.17) is 20.8 Å². The van der Waals surface area contributed by atoms with Gasteiger partial charge in [0, 0.05) is 11.3 Å². The van der Waals surface area contributed by atoms with E-state index in [1.54, 1.807) is 24.3 Å². The first-order chi connectivity index (χ1) is 14.5. The number of phenolic OH excluding ortho intramolecular Hbond substituents is 1. The number of hydrogen-bond donors (Lipinski definition) is 2. The van der Waals surface area contributed by atoms with Gasteiger partial charge < -0.3 is 19.6 Å². The number of aryl methyl sites for hydroxylation is 1. The van der Waals surface area contributed by atoms with Crippen LogP contribution in [-0.4, -0.2) is 23.1 Å². The Hall–Kier alpha value is -3.51. The average molecular weight is 423 g/mol. The number of aromatic nitrogens is 1. The summed E-state index contributed by atoms with van der Waals surface area (Å²) in [5, 5.41) is 13.5. The van der Waals surface area contributed by atoms with Crippen LogP contribution in [0.25, 0.3) is 22.6 Å². The standard InChI is InChI=1S/C23H19ClN2O4/c1-3-13-4-8-21-18(10-13)26-23(30-21)16-12-15(6-7-19(16)27)25-22(28)14-5-9-20(29-2)17(24)11-14/h4-12,27H,3H2,1-2H3,(H,25,28). The molecule has 0 unspecified atom stereocenters. The summed E-state index contributed by atoms with van der Waals surface area (Å²) >= 11 is 6.10. The Morgan fingerprint density at radius 2 is 2.00 bits per heavy atom. The van der Waals surface area contributed by atoms with E-state index < -0.39 is 0 Å². The smallest absolute Gasteiger partial charge is 0.255 e. The highest BCUT2D eigenvalue weighted by Gasteiger charge is 2.15. The number of amides is 1. The van der Waals surface area contributed by atoms with E-state index in [0.29, 0.717) is 38.7 Å². The second-order valence-corrected chi connectivity index (χ2v) is 7.12. The number of rotatable bonds is 5. The Bertz CT molecular complexity index is 1250. The molecular weight excluding hydrogens is 404 g/mol. The second-order valence-electron chi connectivity index (χ2n) is 6.71. The Balaban J connectivity index is 1.63. The molecule has 0 aliphatic carbocycles. The number of phenols is 1. The van der Waals surface area contributed by atoms with Gasteiger partial charge in [-0.05, 0) is 60.5 Å². The molecule has 0 fully saturated rings. The molecule has 2 N–H and O–H groups in total. The van der Waals surface area contributed by atoms with Crippen LogP contribution in [-0.2, 0) is 6.42 Å². The van der Waals surface area contributed by atoms with E-state index in [0.717, 1.165) is 12.0 Å². The minimum atomic E-state index is -0.346. The van der Waals surface area contributed by atoms with E-state index in [1.807, 2.05) is 18.2 Å². The SMILES string of the molecule is CCc1ccc2oc(-c3cc(NC(=O)c4ccc(OC)c(Cl)c4)ccc3O)nc2c1. The first kappa shape index (κ1) is 19.8. The summed E-state index contributed by atoms with van der Waals surface area (Å²) in [6.07, 6.45) is 0.889. The van der Waals surface area contributed by atoms with Crippen molar-refractivity contribution in [2.45, 2.75) is 13.3 Å². The van der Waals surface area contributed by atoms with Gasteiger partial charge in [0.2, 0.25) is 5.89 Å². The number of nitrogens with zero attached hydrogens (tertiary/aromatic N) is 1. The molecule has 7 heteroatoms. The largest absolute Gasteiger partial charge is 0.507 e. The predicted molar refractivity (Wildman–Crippen MR) is 116 cm³/mol. The van der Waals surface area contributed by atoms with Crippen LogP contribution in [0.4, 0.5) is 5.69 Å². The summed E-state index contributed by atoms with van der Waals surface area (Å²) in [4.78, 5) is 17.1. The lowest BCUT2D eigenvalue weighted by molar-refractivity contribution is 0.102. The number of oxazole rings is 1. The second kappa shape index (κ2) is 8.08. The highest BCUT2D eigenvalue weighted by molar-refractivity contribution is 6.32. The summed E-state index contributed by atoms with van der Waals surface area (Å²) in [6, 6.07) is 15.3. The van der Waals surface area contributed by atoms with Crippen LogP contribution in [0.1, 0.15) is 22.8 Å². The summed E-state index contributed by atoms with van der Waals surface area (Å²) < 4.78 is 10.9. The zero-order chi connectivity index (χ0) is 21.3. The van der Waals surface area contributed by atoms with Gasteiger partial charge in [0.25, 0.3) is 5.91 Å². The van der Waals surface area contributed by atoms with Crippen LogP contribution in [0.15, 0.2) is 59.0 Å². The van der Waals surface area contributed by atoms with Gasteiger partial charge in [0.1, 0.15) is 17.0 Å². The monoisotopic (exact) mass is 422 g/mol. The number of ether oxygens (including phenoxy) is 1. The lowest BCUT2D eigenvalue weighted by atomic mass is 10.1. The van der Waals surface area contributed by atoms with Crippen LogP contribution in [0.2, 0.25) is 5.02 Å². The van der Waals surface area contributed by atoms with Crippen molar-refractivity contribution in [2.75, 3.05) is 12.4 Å². The molecule has 0 atom stereocenters. The number of carbonyl (C=O) groups excluding carboxylic acids is 1. The number of anilines is 1. The molecule has 0 radical (unpaired) electrons. The highest BCUT2D eigenvalue weighted by Crippen LogP contribution is 2.34. The molecule has 30 heavy (non-hydrogen) atoms. The molecule has 1 amide bonds. The lowest BCUT2D eigenvalue weighted by Gasteiger charge is -2.09. The summed E-state index contributed by atoms with van der Waals surface area (Å²) in [5.41, 5.74) is 3.73. The van der Waals surface area contributed by atoms with Crippen molar-refractivity contribution in [3.05, 3.63) is 70.7 Å². The number of fused-ring (bicyclic) bond motifs is 1. The van der Waals surface area contributed by atoms with E-state index in [1.165, 1.54) is 19.2 Å². The first-order valence-corrected chi connectivity index (χ1v) is 9.74. The Morgan fingerprint density at radius 1 is 1.17 bits per heavy atom. The maximum Gasteiger partial charge on any atom is 0.255 e. The molecule has 1 heterocycles. The number of aromatic hydroxyl groups is 1.